The van der Waals surface area contributed by atoms with E-state index in [1.54, 1.807) is 0 Å². The summed E-state index contributed by atoms with van der Waals surface area (Å²) in [6.45, 7) is 5.34. The van der Waals surface area contributed by atoms with Crippen LogP contribution in [0.25, 0.3) is 0 Å². The first-order chi connectivity index (χ1) is 18.7. The molecule has 0 atom stereocenters. The highest BCUT2D eigenvalue weighted by molar-refractivity contribution is 5.75. The van der Waals surface area contributed by atoms with Crippen LogP contribution in [0.1, 0.15) is 149 Å². The molecule has 3 rings (SSSR count). The zero-order valence-electron chi connectivity index (χ0n) is 24.9. The molecule has 2 saturated carbocycles. The minimum atomic E-state index is -0.0469. The SMILES string of the molecule is CCCCCCCC1CCC(CCCOc2ccc(OC(=O)C3CCC(CCCCCC)CC3)cc2)CC1. The zero-order valence-corrected chi connectivity index (χ0v) is 24.9. The van der Waals surface area contributed by atoms with Gasteiger partial charge in [-0.15, -0.1) is 0 Å². The molecule has 2 aliphatic carbocycles. The van der Waals surface area contributed by atoms with Crippen LogP contribution in [-0.4, -0.2) is 12.6 Å². The number of hydrogen-bond donors (Lipinski definition) is 0. The molecular weight excluding hydrogens is 468 g/mol. The molecule has 0 spiro atoms. The minimum absolute atomic E-state index is 0.0469. The Morgan fingerprint density at radius 1 is 0.605 bits per heavy atom. The molecule has 0 bridgehead atoms. The summed E-state index contributed by atoms with van der Waals surface area (Å²) in [5, 5.41) is 0. The Labute approximate surface area is 234 Å². The normalized spacial score (nSPS) is 23.7. The van der Waals surface area contributed by atoms with Gasteiger partial charge >= 0.3 is 5.97 Å². The largest absolute Gasteiger partial charge is 0.494 e. The van der Waals surface area contributed by atoms with Crippen molar-refractivity contribution in [1.29, 1.82) is 0 Å². The fourth-order valence-corrected chi connectivity index (χ4v) is 6.76. The zero-order chi connectivity index (χ0) is 26.8. The maximum Gasteiger partial charge on any atom is 0.314 e. The first-order valence-electron chi connectivity index (χ1n) is 16.6. The van der Waals surface area contributed by atoms with E-state index < -0.39 is 0 Å². The van der Waals surface area contributed by atoms with Crippen molar-refractivity contribution in [2.45, 2.75) is 149 Å². The van der Waals surface area contributed by atoms with Crippen molar-refractivity contribution >= 4 is 5.97 Å². The summed E-state index contributed by atoms with van der Waals surface area (Å²) in [6.07, 6.45) is 27.7. The van der Waals surface area contributed by atoms with Gasteiger partial charge in [0.1, 0.15) is 11.5 Å². The highest BCUT2D eigenvalue weighted by Gasteiger charge is 2.27. The van der Waals surface area contributed by atoms with Crippen LogP contribution in [0.15, 0.2) is 24.3 Å². The Hall–Kier alpha value is -1.51. The molecule has 0 aliphatic heterocycles. The first-order valence-corrected chi connectivity index (χ1v) is 16.6. The van der Waals surface area contributed by atoms with E-state index in [1.807, 2.05) is 24.3 Å². The lowest BCUT2D eigenvalue weighted by molar-refractivity contribution is -0.140. The molecule has 0 radical (unpaired) electrons. The summed E-state index contributed by atoms with van der Waals surface area (Å²) < 4.78 is 11.7. The third kappa shape index (κ3) is 12.1. The molecule has 0 unspecified atom stereocenters. The molecule has 216 valence electrons. The smallest absolute Gasteiger partial charge is 0.314 e. The molecule has 0 saturated heterocycles. The van der Waals surface area contributed by atoms with Crippen molar-refractivity contribution in [3.63, 3.8) is 0 Å². The molecule has 0 N–H and O–H groups in total. The molecule has 0 amide bonds. The molecule has 2 fully saturated rings. The van der Waals surface area contributed by atoms with Crippen LogP contribution in [0.3, 0.4) is 0 Å². The van der Waals surface area contributed by atoms with E-state index >= 15 is 0 Å². The maximum absolute atomic E-state index is 12.7. The van der Waals surface area contributed by atoms with E-state index in [2.05, 4.69) is 13.8 Å². The Bertz CT molecular complexity index is 726. The fourth-order valence-electron chi connectivity index (χ4n) is 6.76. The van der Waals surface area contributed by atoms with E-state index in [1.165, 1.54) is 116 Å². The van der Waals surface area contributed by atoms with Crippen LogP contribution in [0.5, 0.6) is 11.5 Å². The number of hydrogen-bond acceptors (Lipinski definition) is 3. The number of rotatable bonds is 18. The summed E-state index contributed by atoms with van der Waals surface area (Å²) in [5.41, 5.74) is 0. The lowest BCUT2D eigenvalue weighted by atomic mass is 9.78. The Kier molecular flexibility index (Phi) is 15.3. The van der Waals surface area contributed by atoms with Crippen molar-refractivity contribution in [2.75, 3.05) is 6.61 Å². The van der Waals surface area contributed by atoms with Gasteiger partial charge in [-0.1, -0.05) is 110 Å². The Morgan fingerprint density at radius 2 is 1.05 bits per heavy atom. The average Bonchev–Trinajstić information content (AvgIpc) is 2.95. The quantitative estimate of drug-likeness (QED) is 0.108. The minimum Gasteiger partial charge on any atom is -0.494 e. The van der Waals surface area contributed by atoms with E-state index in [4.69, 9.17) is 9.47 Å². The van der Waals surface area contributed by atoms with Crippen LogP contribution < -0.4 is 9.47 Å². The summed E-state index contributed by atoms with van der Waals surface area (Å²) in [6, 6.07) is 7.66. The van der Waals surface area contributed by atoms with Crippen molar-refractivity contribution in [3.8, 4) is 11.5 Å². The lowest BCUT2D eigenvalue weighted by Gasteiger charge is -2.28. The van der Waals surface area contributed by atoms with Crippen molar-refractivity contribution in [2.24, 2.45) is 23.7 Å². The van der Waals surface area contributed by atoms with Crippen molar-refractivity contribution in [3.05, 3.63) is 24.3 Å². The van der Waals surface area contributed by atoms with Gasteiger partial charge in [-0.2, -0.15) is 0 Å². The van der Waals surface area contributed by atoms with Crippen LogP contribution >= 0.6 is 0 Å². The summed E-state index contributed by atoms with van der Waals surface area (Å²) in [7, 11) is 0. The molecule has 1 aromatic carbocycles. The summed E-state index contributed by atoms with van der Waals surface area (Å²) >= 11 is 0. The third-order valence-corrected chi connectivity index (χ3v) is 9.40. The van der Waals surface area contributed by atoms with Gasteiger partial charge in [0, 0.05) is 0 Å². The highest BCUT2D eigenvalue weighted by atomic mass is 16.5. The monoisotopic (exact) mass is 526 g/mol. The van der Waals surface area contributed by atoms with Gasteiger partial charge < -0.3 is 9.47 Å². The van der Waals surface area contributed by atoms with Crippen LogP contribution in [-0.2, 0) is 4.79 Å². The van der Waals surface area contributed by atoms with Crippen molar-refractivity contribution < 1.29 is 14.3 Å². The van der Waals surface area contributed by atoms with Crippen molar-refractivity contribution in [1.82, 2.24) is 0 Å². The first kappa shape index (κ1) is 31.0. The summed E-state index contributed by atoms with van der Waals surface area (Å²) in [4.78, 5) is 12.7. The van der Waals surface area contributed by atoms with Gasteiger partial charge in [-0.25, -0.2) is 0 Å². The Balaban J connectivity index is 1.22. The average molecular weight is 527 g/mol. The van der Waals surface area contributed by atoms with Crippen LogP contribution in [0.2, 0.25) is 0 Å². The number of carbonyl (C=O) groups excluding carboxylic acids is 1. The molecule has 1 aromatic rings. The molecule has 38 heavy (non-hydrogen) atoms. The van der Waals surface area contributed by atoms with Gasteiger partial charge in [-0.05, 0) is 80.5 Å². The molecule has 3 nitrogen and oxygen atoms in total. The van der Waals surface area contributed by atoms with Gasteiger partial charge in [0.25, 0.3) is 0 Å². The third-order valence-electron chi connectivity index (χ3n) is 9.40. The molecule has 2 aliphatic rings. The number of esters is 1. The van der Waals surface area contributed by atoms with E-state index in [0.29, 0.717) is 5.75 Å². The predicted molar refractivity (Wildman–Crippen MR) is 160 cm³/mol. The summed E-state index contributed by atoms with van der Waals surface area (Å²) in [5.74, 6) is 4.24. The second kappa shape index (κ2) is 18.7. The maximum atomic E-state index is 12.7. The lowest BCUT2D eigenvalue weighted by Crippen LogP contribution is -2.25. The van der Waals surface area contributed by atoms with Gasteiger partial charge in [0.15, 0.2) is 0 Å². The number of ether oxygens (including phenoxy) is 2. The van der Waals surface area contributed by atoms with E-state index in [-0.39, 0.29) is 11.9 Å². The second-order valence-corrected chi connectivity index (χ2v) is 12.5. The predicted octanol–water partition coefficient (Wildman–Crippen LogP) is 10.7. The fraction of sp³-hybridized carbons (Fsp3) is 0.800. The molecule has 0 heterocycles. The number of benzene rings is 1. The van der Waals surface area contributed by atoms with Gasteiger partial charge in [0.2, 0.25) is 0 Å². The van der Waals surface area contributed by atoms with Gasteiger partial charge in [0.05, 0.1) is 12.5 Å². The second-order valence-electron chi connectivity index (χ2n) is 12.5. The highest BCUT2D eigenvalue weighted by Crippen LogP contribution is 2.35. The van der Waals surface area contributed by atoms with E-state index in [9.17, 15) is 4.79 Å². The van der Waals surface area contributed by atoms with E-state index in [0.717, 1.165) is 49.4 Å². The van der Waals surface area contributed by atoms with Crippen LogP contribution in [0.4, 0.5) is 0 Å². The topological polar surface area (TPSA) is 35.5 Å². The molecule has 3 heteroatoms. The Morgan fingerprint density at radius 3 is 1.61 bits per heavy atom. The van der Waals surface area contributed by atoms with Gasteiger partial charge in [-0.3, -0.25) is 4.79 Å². The van der Waals surface area contributed by atoms with Crippen LogP contribution in [0, 0.1) is 23.7 Å². The number of carbonyl (C=O) groups is 1. The molecule has 0 aromatic heterocycles. The standard InChI is InChI=1S/C35H58O3/c1-3-5-7-9-11-14-29-16-18-31(19-17-29)15-12-28-37-33-24-26-34(27-25-33)38-35(36)32-22-20-30(21-23-32)13-10-8-6-4-2/h24-27,29-32H,3-23,28H2,1-2H3. The molecular formula is C35H58O3. The number of unbranched alkanes of at least 4 members (excludes halogenated alkanes) is 7.